The molecule has 0 N–H and O–H groups in total. The van der Waals surface area contributed by atoms with Crippen LogP contribution in [0, 0.1) is 34.3 Å². The number of hydrogen-bond donors (Lipinski definition) is 0. The molecule has 2 nitrogen and oxygen atoms in total. The Kier molecular flexibility index (Phi) is 4.99. The molecule has 0 saturated heterocycles. The Bertz CT molecular complexity index is 1060. The number of halogens is 2. The molecule has 0 spiro atoms. The van der Waals surface area contributed by atoms with E-state index in [1.165, 1.54) is 24.3 Å². The van der Waals surface area contributed by atoms with Gasteiger partial charge in [0.2, 0.25) is 0 Å². The van der Waals surface area contributed by atoms with E-state index in [1.54, 1.807) is 12.1 Å². The minimum absolute atomic E-state index is 0.0173. The summed E-state index contributed by atoms with van der Waals surface area (Å²) in [6.45, 7) is 6.16. The van der Waals surface area contributed by atoms with E-state index < -0.39 is 11.6 Å². The van der Waals surface area contributed by atoms with Gasteiger partial charge in [0.25, 0.3) is 0 Å². The maximum Gasteiger partial charge on any atom is 0.140 e. The molecule has 3 aromatic carbocycles. The molecular formula is C24H18F2N2. The average molecular weight is 372 g/mol. The molecule has 3 aromatic rings. The summed E-state index contributed by atoms with van der Waals surface area (Å²) in [4.78, 5) is 0. The van der Waals surface area contributed by atoms with Crippen LogP contribution in [0.4, 0.5) is 8.78 Å². The van der Waals surface area contributed by atoms with Crippen molar-refractivity contribution < 1.29 is 8.78 Å². The van der Waals surface area contributed by atoms with Crippen LogP contribution in [0.3, 0.4) is 0 Å². The van der Waals surface area contributed by atoms with Gasteiger partial charge >= 0.3 is 0 Å². The minimum atomic E-state index is -0.558. The number of nitriles is 2. The molecule has 0 heterocycles. The fraction of sp³-hybridized carbons (Fsp3) is 0.167. The number of benzene rings is 3. The number of hydrogen-bond acceptors (Lipinski definition) is 2. The molecular weight excluding hydrogens is 354 g/mol. The third-order valence-corrected chi connectivity index (χ3v) is 4.61. The Morgan fingerprint density at radius 1 is 0.714 bits per heavy atom. The van der Waals surface area contributed by atoms with Crippen molar-refractivity contribution in [3.8, 4) is 34.4 Å². The molecule has 0 saturated carbocycles. The third-order valence-electron chi connectivity index (χ3n) is 4.61. The van der Waals surface area contributed by atoms with E-state index in [4.69, 9.17) is 0 Å². The highest BCUT2D eigenvalue weighted by Gasteiger charge is 2.24. The van der Waals surface area contributed by atoms with Crippen LogP contribution in [0.25, 0.3) is 22.3 Å². The lowest BCUT2D eigenvalue weighted by atomic mass is 9.77. The average Bonchev–Trinajstić information content (AvgIpc) is 2.67. The van der Waals surface area contributed by atoms with Crippen molar-refractivity contribution in [1.29, 1.82) is 10.5 Å². The molecule has 3 rings (SSSR count). The molecule has 0 atom stereocenters. The van der Waals surface area contributed by atoms with Crippen molar-refractivity contribution in [2.24, 2.45) is 0 Å². The first kappa shape index (κ1) is 19.3. The van der Waals surface area contributed by atoms with Crippen LogP contribution in [0.1, 0.15) is 37.5 Å². The highest BCUT2D eigenvalue weighted by atomic mass is 19.1. The standard InChI is InChI=1S/C24H18F2N2/c1-24(2,3)23-19(15-7-9-21(25)17(11-15)13-27)5-4-6-20(23)16-8-10-22(26)18(12-16)14-28/h4-12H,1-3H3. The molecule has 0 unspecified atom stereocenters. The summed E-state index contributed by atoms with van der Waals surface area (Å²) in [5.41, 5.74) is 3.83. The van der Waals surface area contributed by atoms with E-state index in [2.05, 4.69) is 20.8 Å². The molecule has 0 aliphatic rings. The zero-order valence-electron chi connectivity index (χ0n) is 15.8. The lowest BCUT2D eigenvalue weighted by Crippen LogP contribution is -2.15. The van der Waals surface area contributed by atoms with Crippen molar-refractivity contribution in [3.05, 3.63) is 82.9 Å². The van der Waals surface area contributed by atoms with Crippen molar-refractivity contribution in [2.75, 3.05) is 0 Å². The Balaban J connectivity index is 2.32. The van der Waals surface area contributed by atoms with Gasteiger partial charge in [-0.3, -0.25) is 0 Å². The normalized spacial score (nSPS) is 11.0. The van der Waals surface area contributed by atoms with E-state index in [9.17, 15) is 19.3 Å². The lowest BCUT2D eigenvalue weighted by Gasteiger charge is -2.27. The molecule has 4 heteroatoms. The predicted octanol–water partition coefficient (Wildman–Crippen LogP) is 6.34. The van der Waals surface area contributed by atoms with Crippen molar-refractivity contribution in [3.63, 3.8) is 0 Å². The van der Waals surface area contributed by atoms with Crippen LogP contribution < -0.4 is 0 Å². The minimum Gasteiger partial charge on any atom is -0.206 e. The van der Waals surface area contributed by atoms with E-state index in [-0.39, 0.29) is 16.5 Å². The lowest BCUT2D eigenvalue weighted by molar-refractivity contribution is 0.593. The van der Waals surface area contributed by atoms with Gasteiger partial charge in [-0.15, -0.1) is 0 Å². The second-order valence-electron chi connectivity index (χ2n) is 7.59. The molecule has 0 fully saturated rings. The van der Waals surface area contributed by atoms with Gasteiger partial charge in [0.05, 0.1) is 11.1 Å². The SMILES string of the molecule is CC(C)(C)c1c(-c2ccc(F)c(C#N)c2)cccc1-c1ccc(F)c(C#N)c1. The molecule has 138 valence electrons. The topological polar surface area (TPSA) is 47.6 Å². The quantitative estimate of drug-likeness (QED) is 0.527. The van der Waals surface area contributed by atoms with Crippen molar-refractivity contribution >= 4 is 0 Å². The molecule has 0 aliphatic carbocycles. The molecule has 28 heavy (non-hydrogen) atoms. The fourth-order valence-corrected chi connectivity index (χ4v) is 3.40. The van der Waals surface area contributed by atoms with Crippen molar-refractivity contribution in [1.82, 2.24) is 0 Å². The van der Waals surface area contributed by atoms with Gasteiger partial charge in [0, 0.05) is 0 Å². The Morgan fingerprint density at radius 3 is 1.50 bits per heavy atom. The highest BCUT2D eigenvalue weighted by Crippen LogP contribution is 2.40. The largest absolute Gasteiger partial charge is 0.206 e. The summed E-state index contributed by atoms with van der Waals surface area (Å²) in [5.74, 6) is -1.12. The van der Waals surface area contributed by atoms with E-state index in [0.29, 0.717) is 0 Å². The van der Waals surface area contributed by atoms with Crippen LogP contribution in [0.15, 0.2) is 54.6 Å². The van der Waals surface area contributed by atoms with Crippen LogP contribution in [0.5, 0.6) is 0 Å². The summed E-state index contributed by atoms with van der Waals surface area (Å²) in [5, 5.41) is 18.4. The molecule has 0 bridgehead atoms. The molecule has 0 amide bonds. The van der Waals surface area contributed by atoms with Crippen LogP contribution in [-0.2, 0) is 5.41 Å². The second-order valence-corrected chi connectivity index (χ2v) is 7.59. The van der Waals surface area contributed by atoms with Crippen LogP contribution in [0.2, 0.25) is 0 Å². The number of rotatable bonds is 2. The first-order chi connectivity index (χ1) is 13.3. The van der Waals surface area contributed by atoms with Crippen molar-refractivity contribution in [2.45, 2.75) is 26.2 Å². The zero-order valence-corrected chi connectivity index (χ0v) is 15.8. The molecule has 0 aromatic heterocycles. The Morgan fingerprint density at radius 2 is 1.14 bits per heavy atom. The van der Waals surface area contributed by atoms with Crippen LogP contribution in [-0.4, -0.2) is 0 Å². The smallest absolute Gasteiger partial charge is 0.140 e. The van der Waals surface area contributed by atoms with Gasteiger partial charge in [0.15, 0.2) is 0 Å². The van der Waals surface area contributed by atoms with Gasteiger partial charge in [-0.05, 0) is 57.5 Å². The monoisotopic (exact) mass is 372 g/mol. The molecule has 0 aliphatic heterocycles. The summed E-state index contributed by atoms with van der Waals surface area (Å²) in [7, 11) is 0. The van der Waals surface area contributed by atoms with Gasteiger partial charge in [0.1, 0.15) is 23.8 Å². The van der Waals surface area contributed by atoms with E-state index >= 15 is 0 Å². The van der Waals surface area contributed by atoms with E-state index in [0.717, 1.165) is 27.8 Å². The predicted molar refractivity (Wildman–Crippen MR) is 105 cm³/mol. The third kappa shape index (κ3) is 3.50. The Labute approximate surface area is 163 Å². The summed E-state index contributed by atoms with van der Waals surface area (Å²) in [6, 6.07) is 18.4. The van der Waals surface area contributed by atoms with Gasteiger partial charge in [-0.25, -0.2) is 8.78 Å². The van der Waals surface area contributed by atoms with Crippen LogP contribution >= 0.6 is 0 Å². The fourth-order valence-electron chi connectivity index (χ4n) is 3.40. The highest BCUT2D eigenvalue weighted by molar-refractivity contribution is 5.81. The summed E-state index contributed by atoms with van der Waals surface area (Å²) >= 11 is 0. The number of nitrogens with zero attached hydrogens (tertiary/aromatic N) is 2. The molecule has 0 radical (unpaired) electrons. The maximum absolute atomic E-state index is 13.8. The summed E-state index contributed by atoms with van der Waals surface area (Å²) < 4.78 is 27.6. The summed E-state index contributed by atoms with van der Waals surface area (Å²) in [6.07, 6.45) is 0. The zero-order chi connectivity index (χ0) is 20.5. The first-order valence-corrected chi connectivity index (χ1v) is 8.80. The first-order valence-electron chi connectivity index (χ1n) is 8.80. The second kappa shape index (κ2) is 7.25. The van der Waals surface area contributed by atoms with E-state index in [1.807, 2.05) is 30.3 Å². The Hall–Kier alpha value is -3.50. The van der Waals surface area contributed by atoms with Gasteiger partial charge < -0.3 is 0 Å². The maximum atomic E-state index is 13.8. The van der Waals surface area contributed by atoms with Gasteiger partial charge in [-0.2, -0.15) is 10.5 Å². The van der Waals surface area contributed by atoms with Gasteiger partial charge in [-0.1, -0.05) is 51.1 Å².